The van der Waals surface area contributed by atoms with Crippen LogP contribution in [-0.2, 0) is 4.74 Å². The third-order valence-corrected chi connectivity index (χ3v) is 3.52. The molecule has 5 nitrogen and oxygen atoms in total. The molecule has 3 N–H and O–H groups in total. The Morgan fingerprint density at radius 3 is 2.50 bits per heavy atom. The van der Waals surface area contributed by atoms with Crippen LogP contribution in [0, 0.1) is 5.41 Å². The standard InChI is InChI=1S/C16H19ClN2O3/c1-5-22-15(21)9-6-8(17)7-10-11(9)12(18)13(19-10)14(20)16(2,3)4/h6-7,19H,5,18H2,1-4H3. The number of benzene rings is 1. The molecule has 0 bridgehead atoms. The van der Waals surface area contributed by atoms with Gasteiger partial charge in [-0.25, -0.2) is 4.79 Å². The summed E-state index contributed by atoms with van der Waals surface area (Å²) in [6.07, 6.45) is 0. The lowest BCUT2D eigenvalue weighted by Crippen LogP contribution is -2.21. The number of esters is 1. The van der Waals surface area contributed by atoms with Gasteiger partial charge in [-0.3, -0.25) is 4.79 Å². The van der Waals surface area contributed by atoms with E-state index in [1.165, 1.54) is 6.07 Å². The summed E-state index contributed by atoms with van der Waals surface area (Å²) in [5.41, 5.74) is 6.85. The third-order valence-electron chi connectivity index (χ3n) is 3.31. The second kappa shape index (κ2) is 5.65. The average molecular weight is 323 g/mol. The number of rotatable bonds is 3. The minimum Gasteiger partial charge on any atom is -0.462 e. The van der Waals surface area contributed by atoms with Gasteiger partial charge in [0, 0.05) is 15.8 Å². The fourth-order valence-corrected chi connectivity index (χ4v) is 2.46. The summed E-state index contributed by atoms with van der Waals surface area (Å²) < 4.78 is 5.03. The lowest BCUT2D eigenvalue weighted by molar-refractivity contribution is 0.0528. The smallest absolute Gasteiger partial charge is 0.338 e. The lowest BCUT2D eigenvalue weighted by Gasteiger charge is -2.15. The number of ketones is 1. The van der Waals surface area contributed by atoms with Gasteiger partial charge in [-0.2, -0.15) is 0 Å². The number of nitrogen functional groups attached to an aromatic ring is 1. The number of anilines is 1. The summed E-state index contributed by atoms with van der Waals surface area (Å²) in [7, 11) is 0. The van der Waals surface area contributed by atoms with Crippen molar-refractivity contribution in [2.75, 3.05) is 12.3 Å². The van der Waals surface area contributed by atoms with Crippen LogP contribution in [0.15, 0.2) is 12.1 Å². The summed E-state index contributed by atoms with van der Waals surface area (Å²) in [4.78, 5) is 27.6. The second-order valence-corrected chi connectivity index (χ2v) is 6.53. The Hall–Kier alpha value is -2.01. The lowest BCUT2D eigenvalue weighted by atomic mass is 9.88. The Labute approximate surface area is 133 Å². The third kappa shape index (κ3) is 2.81. The zero-order valence-corrected chi connectivity index (χ0v) is 13.8. The molecule has 1 aromatic heterocycles. The number of nitrogens with one attached hydrogen (secondary N) is 1. The first kappa shape index (κ1) is 16.4. The van der Waals surface area contributed by atoms with E-state index in [1.54, 1.807) is 33.8 Å². The van der Waals surface area contributed by atoms with Crippen molar-refractivity contribution in [2.45, 2.75) is 27.7 Å². The van der Waals surface area contributed by atoms with Crippen molar-refractivity contribution in [1.82, 2.24) is 4.98 Å². The number of carbonyl (C=O) groups excluding carboxylic acids is 2. The number of halogens is 1. The number of H-pyrrole nitrogens is 1. The molecule has 0 aliphatic rings. The fourth-order valence-electron chi connectivity index (χ4n) is 2.25. The van der Waals surface area contributed by atoms with Gasteiger partial charge in [0.25, 0.3) is 0 Å². The van der Waals surface area contributed by atoms with Gasteiger partial charge in [-0.15, -0.1) is 0 Å². The Kier molecular flexibility index (Phi) is 4.20. The van der Waals surface area contributed by atoms with Crippen molar-refractivity contribution in [1.29, 1.82) is 0 Å². The van der Waals surface area contributed by atoms with Gasteiger partial charge >= 0.3 is 5.97 Å². The molecular formula is C16H19ClN2O3. The zero-order valence-electron chi connectivity index (χ0n) is 13.0. The van der Waals surface area contributed by atoms with Crippen molar-refractivity contribution < 1.29 is 14.3 Å². The van der Waals surface area contributed by atoms with Gasteiger partial charge in [0.2, 0.25) is 0 Å². The number of aromatic amines is 1. The molecule has 0 fully saturated rings. The maximum absolute atomic E-state index is 12.5. The molecule has 0 unspecified atom stereocenters. The second-order valence-electron chi connectivity index (χ2n) is 6.09. The first-order valence-corrected chi connectivity index (χ1v) is 7.37. The molecule has 22 heavy (non-hydrogen) atoms. The molecule has 0 aliphatic heterocycles. The molecule has 0 amide bonds. The van der Waals surface area contributed by atoms with Crippen LogP contribution in [0.25, 0.3) is 10.9 Å². The number of ether oxygens (including phenoxy) is 1. The summed E-state index contributed by atoms with van der Waals surface area (Å²) >= 11 is 6.05. The van der Waals surface area contributed by atoms with Gasteiger partial charge in [0.15, 0.2) is 5.78 Å². The van der Waals surface area contributed by atoms with E-state index < -0.39 is 11.4 Å². The zero-order chi connectivity index (χ0) is 16.7. The van der Waals surface area contributed by atoms with Gasteiger partial charge in [0.05, 0.1) is 23.4 Å². The Morgan fingerprint density at radius 2 is 1.95 bits per heavy atom. The van der Waals surface area contributed by atoms with Gasteiger partial charge in [-0.1, -0.05) is 32.4 Å². The van der Waals surface area contributed by atoms with Crippen LogP contribution in [0.4, 0.5) is 5.69 Å². The van der Waals surface area contributed by atoms with Crippen LogP contribution in [-0.4, -0.2) is 23.3 Å². The van der Waals surface area contributed by atoms with Gasteiger partial charge in [0.1, 0.15) is 5.69 Å². The first-order valence-electron chi connectivity index (χ1n) is 6.99. The van der Waals surface area contributed by atoms with Crippen LogP contribution in [0.2, 0.25) is 5.02 Å². The Morgan fingerprint density at radius 1 is 1.32 bits per heavy atom. The highest BCUT2D eigenvalue weighted by Gasteiger charge is 2.29. The maximum atomic E-state index is 12.5. The van der Waals surface area contributed by atoms with Crippen molar-refractivity contribution in [3.63, 3.8) is 0 Å². The number of Topliss-reactive ketones (excluding diaryl/α,β-unsaturated/α-hetero) is 1. The van der Waals surface area contributed by atoms with Crippen LogP contribution in [0.1, 0.15) is 48.5 Å². The normalized spacial score (nSPS) is 11.7. The largest absolute Gasteiger partial charge is 0.462 e. The number of fused-ring (bicyclic) bond motifs is 1. The fraction of sp³-hybridized carbons (Fsp3) is 0.375. The number of aromatic nitrogens is 1. The van der Waals surface area contributed by atoms with E-state index in [0.717, 1.165) is 0 Å². The summed E-state index contributed by atoms with van der Waals surface area (Å²) in [5, 5.41) is 0.835. The van der Waals surface area contributed by atoms with E-state index >= 15 is 0 Å². The molecule has 0 saturated carbocycles. The van der Waals surface area contributed by atoms with Crippen LogP contribution < -0.4 is 5.73 Å². The molecule has 1 heterocycles. The van der Waals surface area contributed by atoms with Crippen LogP contribution in [0.3, 0.4) is 0 Å². The van der Waals surface area contributed by atoms with E-state index in [2.05, 4.69) is 4.98 Å². The quantitative estimate of drug-likeness (QED) is 0.664. The van der Waals surface area contributed by atoms with Crippen LogP contribution >= 0.6 is 11.6 Å². The summed E-state index contributed by atoms with van der Waals surface area (Å²) in [5.74, 6) is -0.650. The SMILES string of the molecule is CCOC(=O)c1cc(Cl)cc2[nH]c(C(=O)C(C)(C)C)c(N)c12. The van der Waals surface area contributed by atoms with E-state index in [-0.39, 0.29) is 29.3 Å². The van der Waals surface area contributed by atoms with E-state index in [0.29, 0.717) is 15.9 Å². The maximum Gasteiger partial charge on any atom is 0.338 e. The summed E-state index contributed by atoms with van der Waals surface area (Å²) in [6, 6.07) is 3.13. The van der Waals surface area contributed by atoms with E-state index in [9.17, 15) is 9.59 Å². The number of carbonyl (C=O) groups is 2. The monoisotopic (exact) mass is 322 g/mol. The molecule has 2 rings (SSSR count). The van der Waals surface area contributed by atoms with Gasteiger partial charge < -0.3 is 15.5 Å². The van der Waals surface area contributed by atoms with E-state index in [1.807, 2.05) is 0 Å². The minimum atomic E-state index is -0.594. The molecule has 118 valence electrons. The van der Waals surface area contributed by atoms with Crippen molar-refractivity contribution in [3.05, 3.63) is 28.4 Å². The molecule has 0 radical (unpaired) electrons. The topological polar surface area (TPSA) is 85.2 Å². The Balaban J connectivity index is 2.72. The molecule has 0 spiro atoms. The van der Waals surface area contributed by atoms with Gasteiger partial charge in [-0.05, 0) is 19.1 Å². The molecule has 0 atom stereocenters. The molecular weight excluding hydrogens is 304 g/mol. The van der Waals surface area contributed by atoms with Crippen molar-refractivity contribution in [3.8, 4) is 0 Å². The average Bonchev–Trinajstić information content (AvgIpc) is 2.73. The first-order chi connectivity index (χ1) is 10.2. The van der Waals surface area contributed by atoms with Crippen molar-refractivity contribution in [2.24, 2.45) is 5.41 Å². The molecule has 2 aromatic rings. The molecule has 0 aliphatic carbocycles. The van der Waals surface area contributed by atoms with Crippen LogP contribution in [0.5, 0.6) is 0 Å². The minimum absolute atomic E-state index is 0.132. The molecule has 1 aromatic carbocycles. The number of nitrogens with two attached hydrogens (primary N) is 1. The Bertz CT molecular complexity index is 757. The highest BCUT2D eigenvalue weighted by molar-refractivity contribution is 6.32. The molecule has 6 heteroatoms. The number of hydrogen-bond acceptors (Lipinski definition) is 4. The summed E-state index contributed by atoms with van der Waals surface area (Å²) in [6.45, 7) is 7.37. The van der Waals surface area contributed by atoms with Crippen molar-refractivity contribution >= 4 is 39.9 Å². The predicted octanol–water partition coefficient (Wildman–Crippen LogP) is 3.81. The molecule has 0 saturated heterocycles. The predicted molar refractivity (Wildman–Crippen MR) is 87.5 cm³/mol. The number of hydrogen-bond donors (Lipinski definition) is 2. The van der Waals surface area contributed by atoms with E-state index in [4.69, 9.17) is 22.1 Å². The highest BCUT2D eigenvalue weighted by Crippen LogP contribution is 2.34. The highest BCUT2D eigenvalue weighted by atomic mass is 35.5.